The summed E-state index contributed by atoms with van der Waals surface area (Å²) in [7, 11) is 0. The van der Waals surface area contributed by atoms with E-state index >= 15 is 0 Å². The Morgan fingerprint density at radius 2 is 1.88 bits per heavy atom. The minimum atomic E-state index is -0.345. The predicted octanol–water partition coefficient (Wildman–Crippen LogP) is 4.00. The quantitative estimate of drug-likeness (QED) is 0.766. The zero-order valence-corrected chi connectivity index (χ0v) is 15.2. The molecule has 2 rings (SSSR count). The molecule has 6 heteroatoms. The van der Waals surface area contributed by atoms with Crippen molar-refractivity contribution in [1.29, 1.82) is 0 Å². The van der Waals surface area contributed by atoms with Gasteiger partial charge in [-0.3, -0.25) is 9.59 Å². The third-order valence-electron chi connectivity index (χ3n) is 3.38. The second-order valence-corrected chi connectivity index (χ2v) is 6.94. The van der Waals surface area contributed by atoms with Crippen LogP contribution in [0.3, 0.4) is 0 Å². The Morgan fingerprint density at radius 3 is 2.56 bits per heavy atom. The van der Waals surface area contributed by atoms with Gasteiger partial charge in [0.15, 0.2) is 0 Å². The van der Waals surface area contributed by atoms with Gasteiger partial charge in [0.1, 0.15) is 5.82 Å². The van der Waals surface area contributed by atoms with E-state index in [-0.39, 0.29) is 29.4 Å². The lowest BCUT2D eigenvalue weighted by Crippen LogP contribution is -2.31. The molecular weight excluding hydrogens is 339 g/mol. The average Bonchev–Trinajstić information content (AvgIpc) is 2.55. The molecule has 0 atom stereocenters. The van der Waals surface area contributed by atoms with Crippen LogP contribution in [0.25, 0.3) is 0 Å². The lowest BCUT2D eigenvalue weighted by Gasteiger charge is -2.12. The molecule has 0 aromatic heterocycles. The molecule has 132 valence electrons. The van der Waals surface area contributed by atoms with Gasteiger partial charge in [-0.1, -0.05) is 12.1 Å². The number of aryl methyl sites for hydroxylation is 1. The number of amides is 2. The van der Waals surface area contributed by atoms with Crippen LogP contribution >= 0.6 is 11.8 Å². The van der Waals surface area contributed by atoms with Crippen molar-refractivity contribution in [2.45, 2.75) is 31.7 Å². The molecule has 0 aliphatic heterocycles. The van der Waals surface area contributed by atoms with Crippen molar-refractivity contribution in [3.63, 3.8) is 0 Å². The van der Waals surface area contributed by atoms with Gasteiger partial charge < -0.3 is 10.6 Å². The Hall–Kier alpha value is -2.34. The molecule has 0 unspecified atom stereocenters. The summed E-state index contributed by atoms with van der Waals surface area (Å²) < 4.78 is 13.2. The molecule has 0 spiro atoms. The number of rotatable bonds is 6. The van der Waals surface area contributed by atoms with Gasteiger partial charge in [0, 0.05) is 16.6 Å². The molecule has 25 heavy (non-hydrogen) atoms. The SMILES string of the molecule is Cc1cc(F)ccc1NC(=O)c1ccccc1SCC(=O)NC(C)C. The number of anilines is 1. The molecular formula is C19H21FN2O2S. The normalized spacial score (nSPS) is 10.6. The molecule has 0 heterocycles. The van der Waals surface area contributed by atoms with E-state index in [0.717, 1.165) is 4.90 Å². The van der Waals surface area contributed by atoms with Crippen LogP contribution in [0, 0.1) is 12.7 Å². The van der Waals surface area contributed by atoms with E-state index in [4.69, 9.17) is 0 Å². The highest BCUT2D eigenvalue weighted by atomic mass is 32.2. The topological polar surface area (TPSA) is 58.2 Å². The van der Waals surface area contributed by atoms with Crippen LogP contribution in [0.5, 0.6) is 0 Å². The number of thioether (sulfide) groups is 1. The summed E-state index contributed by atoms with van der Waals surface area (Å²) in [4.78, 5) is 25.1. The first-order valence-electron chi connectivity index (χ1n) is 7.95. The van der Waals surface area contributed by atoms with Gasteiger partial charge in [0.05, 0.1) is 11.3 Å². The zero-order valence-electron chi connectivity index (χ0n) is 14.4. The molecule has 2 aromatic carbocycles. The minimum absolute atomic E-state index is 0.0769. The van der Waals surface area contributed by atoms with E-state index in [2.05, 4.69) is 10.6 Å². The average molecular weight is 360 g/mol. The van der Waals surface area contributed by atoms with Crippen molar-refractivity contribution < 1.29 is 14.0 Å². The fourth-order valence-corrected chi connectivity index (χ4v) is 3.10. The third-order valence-corrected chi connectivity index (χ3v) is 4.45. The highest BCUT2D eigenvalue weighted by Gasteiger charge is 2.14. The molecule has 0 aliphatic rings. The summed E-state index contributed by atoms with van der Waals surface area (Å²) in [6.45, 7) is 5.53. The van der Waals surface area contributed by atoms with Crippen molar-refractivity contribution in [3.8, 4) is 0 Å². The summed E-state index contributed by atoms with van der Waals surface area (Å²) in [6.07, 6.45) is 0. The molecule has 0 bridgehead atoms. The molecule has 2 N–H and O–H groups in total. The maximum Gasteiger partial charge on any atom is 0.256 e. The summed E-state index contributed by atoms with van der Waals surface area (Å²) >= 11 is 1.31. The molecule has 0 saturated carbocycles. The van der Waals surface area contributed by atoms with E-state index < -0.39 is 0 Å². The minimum Gasteiger partial charge on any atom is -0.353 e. The molecule has 0 radical (unpaired) electrons. The molecule has 4 nitrogen and oxygen atoms in total. The van der Waals surface area contributed by atoms with Crippen LogP contribution in [0.15, 0.2) is 47.4 Å². The fraction of sp³-hybridized carbons (Fsp3) is 0.263. The number of carbonyl (C=O) groups excluding carboxylic acids is 2. The van der Waals surface area contributed by atoms with Gasteiger partial charge in [-0.25, -0.2) is 4.39 Å². The Kier molecular flexibility index (Phi) is 6.58. The summed E-state index contributed by atoms with van der Waals surface area (Å²) in [5, 5.41) is 5.61. The first-order valence-corrected chi connectivity index (χ1v) is 8.94. The highest BCUT2D eigenvalue weighted by Crippen LogP contribution is 2.24. The van der Waals surface area contributed by atoms with Crippen molar-refractivity contribution >= 4 is 29.3 Å². The van der Waals surface area contributed by atoms with E-state index in [1.165, 1.54) is 30.0 Å². The third kappa shape index (κ3) is 5.60. The number of hydrogen-bond donors (Lipinski definition) is 2. The second kappa shape index (κ2) is 8.67. The monoisotopic (exact) mass is 360 g/mol. The highest BCUT2D eigenvalue weighted by molar-refractivity contribution is 8.00. The standard InChI is InChI=1S/C19H21FN2O2S/c1-12(2)21-18(23)11-25-17-7-5-4-6-15(17)19(24)22-16-9-8-14(20)10-13(16)3/h4-10,12H,11H2,1-3H3,(H,21,23)(H,22,24). The van der Waals surface area contributed by atoms with Crippen molar-refractivity contribution in [1.82, 2.24) is 5.32 Å². The number of halogens is 1. The molecule has 0 saturated heterocycles. The van der Waals surface area contributed by atoms with Crippen LogP contribution in [0.1, 0.15) is 29.8 Å². The maximum absolute atomic E-state index is 13.2. The van der Waals surface area contributed by atoms with Crippen LogP contribution in [-0.4, -0.2) is 23.6 Å². The first-order chi connectivity index (χ1) is 11.9. The Labute approximate surface area is 151 Å². The van der Waals surface area contributed by atoms with Crippen LogP contribution in [0.4, 0.5) is 10.1 Å². The zero-order chi connectivity index (χ0) is 18.4. The van der Waals surface area contributed by atoms with Crippen LogP contribution in [-0.2, 0) is 4.79 Å². The van der Waals surface area contributed by atoms with Gasteiger partial charge in [0.2, 0.25) is 5.91 Å². The Bertz CT molecular complexity index is 778. The summed E-state index contributed by atoms with van der Waals surface area (Å²) in [5.74, 6) is -0.479. The molecule has 0 fully saturated rings. The van der Waals surface area contributed by atoms with E-state index in [9.17, 15) is 14.0 Å². The van der Waals surface area contributed by atoms with Crippen molar-refractivity contribution in [2.75, 3.05) is 11.1 Å². The van der Waals surface area contributed by atoms with Gasteiger partial charge >= 0.3 is 0 Å². The molecule has 2 amide bonds. The number of carbonyl (C=O) groups is 2. The van der Waals surface area contributed by atoms with Gasteiger partial charge in [0.25, 0.3) is 5.91 Å². The van der Waals surface area contributed by atoms with Crippen molar-refractivity contribution in [2.24, 2.45) is 0 Å². The molecule has 2 aromatic rings. The Morgan fingerprint density at radius 1 is 1.16 bits per heavy atom. The fourth-order valence-electron chi connectivity index (χ4n) is 2.24. The van der Waals surface area contributed by atoms with Gasteiger partial charge in [-0.2, -0.15) is 0 Å². The van der Waals surface area contributed by atoms with E-state index in [1.54, 1.807) is 25.1 Å². The van der Waals surface area contributed by atoms with E-state index in [1.807, 2.05) is 19.9 Å². The van der Waals surface area contributed by atoms with Gasteiger partial charge in [-0.05, 0) is 56.7 Å². The maximum atomic E-state index is 13.2. The van der Waals surface area contributed by atoms with Gasteiger partial charge in [-0.15, -0.1) is 11.8 Å². The smallest absolute Gasteiger partial charge is 0.256 e. The summed E-state index contributed by atoms with van der Waals surface area (Å²) in [6, 6.07) is 11.4. The lowest BCUT2D eigenvalue weighted by molar-refractivity contribution is -0.119. The lowest BCUT2D eigenvalue weighted by atomic mass is 10.1. The summed E-state index contributed by atoms with van der Waals surface area (Å²) in [5.41, 5.74) is 1.69. The van der Waals surface area contributed by atoms with E-state index in [0.29, 0.717) is 16.8 Å². The van der Waals surface area contributed by atoms with Crippen molar-refractivity contribution in [3.05, 3.63) is 59.4 Å². The number of nitrogens with one attached hydrogen (secondary N) is 2. The number of benzene rings is 2. The second-order valence-electron chi connectivity index (χ2n) is 5.92. The van der Waals surface area contributed by atoms with Crippen LogP contribution in [0.2, 0.25) is 0 Å². The largest absolute Gasteiger partial charge is 0.353 e. The van der Waals surface area contributed by atoms with Crippen LogP contribution < -0.4 is 10.6 Å². The molecule has 0 aliphatic carbocycles. The number of hydrogen-bond acceptors (Lipinski definition) is 3. The first kappa shape index (κ1) is 19.0. The Balaban J connectivity index is 2.10. The predicted molar refractivity (Wildman–Crippen MR) is 99.5 cm³/mol.